The summed E-state index contributed by atoms with van der Waals surface area (Å²) in [5.41, 5.74) is 1.05. The van der Waals surface area contributed by atoms with Crippen LogP contribution in [0.15, 0.2) is 30.3 Å². The second-order valence-corrected chi connectivity index (χ2v) is 6.39. The molecule has 1 atom stereocenters. The van der Waals surface area contributed by atoms with Gasteiger partial charge in [-0.2, -0.15) is 0 Å². The summed E-state index contributed by atoms with van der Waals surface area (Å²) < 4.78 is 5.53. The van der Waals surface area contributed by atoms with Crippen LogP contribution in [0.1, 0.15) is 51.0 Å². The van der Waals surface area contributed by atoms with E-state index < -0.39 is 0 Å². The third kappa shape index (κ3) is 3.29. The molecule has 1 unspecified atom stereocenters. The van der Waals surface area contributed by atoms with Crippen molar-refractivity contribution < 1.29 is 9.53 Å². The van der Waals surface area contributed by atoms with Crippen LogP contribution in [0.3, 0.4) is 0 Å². The van der Waals surface area contributed by atoms with Crippen LogP contribution in [0.25, 0.3) is 0 Å². The summed E-state index contributed by atoms with van der Waals surface area (Å²) >= 11 is 0. The third-order valence-corrected chi connectivity index (χ3v) is 5.00. The lowest BCUT2D eigenvalue weighted by atomic mass is 9.83. The number of esters is 1. The highest BCUT2D eigenvalue weighted by molar-refractivity contribution is 5.75. The minimum Gasteiger partial charge on any atom is -0.460 e. The van der Waals surface area contributed by atoms with Crippen LogP contribution >= 0.6 is 0 Å². The molecule has 3 nitrogen and oxygen atoms in total. The zero-order valence-corrected chi connectivity index (χ0v) is 12.8. The van der Waals surface area contributed by atoms with Crippen LogP contribution in [0, 0.1) is 0 Å². The van der Waals surface area contributed by atoms with Gasteiger partial charge >= 0.3 is 5.97 Å². The highest BCUT2D eigenvalue weighted by atomic mass is 16.5. The second kappa shape index (κ2) is 6.61. The number of carbonyl (C=O) groups excluding carboxylic acids is 1. The Kier molecular flexibility index (Phi) is 4.59. The van der Waals surface area contributed by atoms with Crippen molar-refractivity contribution in [2.45, 2.75) is 70.2 Å². The van der Waals surface area contributed by atoms with E-state index in [1.165, 1.54) is 38.5 Å². The van der Waals surface area contributed by atoms with E-state index in [-0.39, 0.29) is 12.0 Å². The number of fused-ring (bicyclic) bond motifs is 2. The lowest BCUT2D eigenvalue weighted by Gasteiger charge is -2.48. The van der Waals surface area contributed by atoms with Crippen LogP contribution in [-0.2, 0) is 16.1 Å². The van der Waals surface area contributed by atoms with Gasteiger partial charge in [0.05, 0.1) is 0 Å². The molecule has 1 aromatic rings. The molecule has 0 aliphatic carbocycles. The quantitative estimate of drug-likeness (QED) is 0.793. The van der Waals surface area contributed by atoms with Gasteiger partial charge < -0.3 is 4.74 Å². The van der Waals surface area contributed by atoms with Crippen molar-refractivity contribution >= 4 is 5.97 Å². The number of benzene rings is 1. The van der Waals surface area contributed by atoms with E-state index in [0.29, 0.717) is 18.7 Å². The first-order valence-electron chi connectivity index (χ1n) is 8.23. The van der Waals surface area contributed by atoms with Crippen LogP contribution in [-0.4, -0.2) is 29.0 Å². The predicted molar refractivity (Wildman–Crippen MR) is 82.8 cm³/mol. The maximum atomic E-state index is 12.4. The molecule has 2 fully saturated rings. The standard InChI is InChI=1S/C18H25NO2/c1-14(18(20)21-13-15-7-3-2-4-8-15)19-16-9-5-10-17(19)12-6-11-16/h2-4,7-8,14,16-17H,5-6,9-13H2,1H3. The molecular weight excluding hydrogens is 262 g/mol. The van der Waals surface area contributed by atoms with Gasteiger partial charge in [-0.15, -0.1) is 0 Å². The van der Waals surface area contributed by atoms with Crippen LogP contribution in [0.4, 0.5) is 0 Å². The molecule has 0 spiro atoms. The van der Waals surface area contributed by atoms with Crippen molar-refractivity contribution in [3.63, 3.8) is 0 Å². The first-order chi connectivity index (χ1) is 10.3. The average molecular weight is 287 g/mol. The molecule has 0 N–H and O–H groups in total. The van der Waals surface area contributed by atoms with Gasteiger partial charge in [-0.25, -0.2) is 0 Å². The third-order valence-electron chi connectivity index (χ3n) is 5.00. The fraction of sp³-hybridized carbons (Fsp3) is 0.611. The first-order valence-corrected chi connectivity index (χ1v) is 8.23. The molecule has 0 saturated carbocycles. The van der Waals surface area contributed by atoms with Crippen molar-refractivity contribution in [2.24, 2.45) is 0 Å². The number of piperidine rings is 2. The van der Waals surface area contributed by atoms with E-state index in [9.17, 15) is 4.79 Å². The summed E-state index contributed by atoms with van der Waals surface area (Å²) in [6, 6.07) is 11.0. The van der Waals surface area contributed by atoms with E-state index in [2.05, 4.69) is 4.90 Å². The van der Waals surface area contributed by atoms with Gasteiger partial charge in [0.2, 0.25) is 0 Å². The molecular formula is C18H25NO2. The Hall–Kier alpha value is -1.35. The van der Waals surface area contributed by atoms with E-state index in [4.69, 9.17) is 4.74 Å². The minimum atomic E-state index is -0.107. The van der Waals surface area contributed by atoms with E-state index in [1.54, 1.807) is 0 Å². The van der Waals surface area contributed by atoms with Crippen molar-refractivity contribution in [2.75, 3.05) is 0 Å². The number of carbonyl (C=O) groups is 1. The molecule has 3 rings (SSSR count). The Morgan fingerprint density at radius 1 is 1.14 bits per heavy atom. The largest absolute Gasteiger partial charge is 0.460 e. The molecule has 2 saturated heterocycles. The molecule has 21 heavy (non-hydrogen) atoms. The SMILES string of the molecule is CC(C(=O)OCc1ccccc1)N1C2CCCC1CCC2. The highest BCUT2D eigenvalue weighted by Gasteiger charge is 2.39. The van der Waals surface area contributed by atoms with Crippen LogP contribution in [0.2, 0.25) is 0 Å². The molecule has 0 amide bonds. The molecule has 2 aliphatic heterocycles. The van der Waals surface area contributed by atoms with Crippen molar-refractivity contribution in [3.8, 4) is 0 Å². The predicted octanol–water partition coefficient (Wildman–Crippen LogP) is 3.53. The van der Waals surface area contributed by atoms with Gasteiger partial charge in [0.25, 0.3) is 0 Å². The molecule has 2 heterocycles. The molecule has 114 valence electrons. The molecule has 0 aromatic heterocycles. The van der Waals surface area contributed by atoms with Crippen molar-refractivity contribution in [1.29, 1.82) is 0 Å². The lowest BCUT2D eigenvalue weighted by molar-refractivity contribution is -0.155. The maximum Gasteiger partial charge on any atom is 0.323 e. The maximum absolute atomic E-state index is 12.4. The van der Waals surface area contributed by atoms with Gasteiger partial charge in [-0.1, -0.05) is 43.2 Å². The Labute approximate surface area is 127 Å². The molecule has 1 aromatic carbocycles. The van der Waals surface area contributed by atoms with Crippen molar-refractivity contribution in [3.05, 3.63) is 35.9 Å². The summed E-state index contributed by atoms with van der Waals surface area (Å²) in [7, 11) is 0. The summed E-state index contributed by atoms with van der Waals surface area (Å²) in [4.78, 5) is 14.8. The Morgan fingerprint density at radius 2 is 1.71 bits per heavy atom. The summed E-state index contributed by atoms with van der Waals surface area (Å²) in [6.07, 6.45) is 7.61. The number of rotatable bonds is 4. The zero-order chi connectivity index (χ0) is 14.7. The monoisotopic (exact) mass is 287 g/mol. The van der Waals surface area contributed by atoms with E-state index >= 15 is 0 Å². The van der Waals surface area contributed by atoms with Gasteiger partial charge in [-0.3, -0.25) is 9.69 Å². The van der Waals surface area contributed by atoms with Gasteiger partial charge in [-0.05, 0) is 38.2 Å². The van der Waals surface area contributed by atoms with Gasteiger partial charge in [0.15, 0.2) is 0 Å². The topological polar surface area (TPSA) is 29.5 Å². The number of hydrogen-bond acceptors (Lipinski definition) is 3. The fourth-order valence-corrected chi connectivity index (χ4v) is 3.96. The molecule has 2 aliphatic rings. The smallest absolute Gasteiger partial charge is 0.323 e. The highest BCUT2D eigenvalue weighted by Crippen LogP contribution is 2.35. The second-order valence-electron chi connectivity index (χ2n) is 6.39. The molecule has 2 bridgehead atoms. The Balaban J connectivity index is 1.59. The van der Waals surface area contributed by atoms with Gasteiger partial charge in [0.1, 0.15) is 12.6 Å². The Bertz CT molecular complexity index is 451. The zero-order valence-electron chi connectivity index (χ0n) is 12.8. The van der Waals surface area contributed by atoms with Crippen molar-refractivity contribution in [1.82, 2.24) is 4.90 Å². The summed E-state index contributed by atoms with van der Waals surface area (Å²) in [6.45, 7) is 2.40. The van der Waals surface area contributed by atoms with E-state index in [0.717, 1.165) is 5.56 Å². The van der Waals surface area contributed by atoms with Gasteiger partial charge in [0, 0.05) is 12.1 Å². The number of ether oxygens (including phenoxy) is 1. The summed E-state index contributed by atoms with van der Waals surface area (Å²) in [5, 5.41) is 0. The fourth-order valence-electron chi connectivity index (χ4n) is 3.96. The number of hydrogen-bond donors (Lipinski definition) is 0. The summed E-state index contributed by atoms with van der Waals surface area (Å²) in [5.74, 6) is -0.0716. The lowest BCUT2D eigenvalue weighted by Crippen LogP contribution is -2.56. The first kappa shape index (κ1) is 14.6. The number of nitrogens with zero attached hydrogens (tertiary/aromatic N) is 1. The minimum absolute atomic E-state index is 0.0716. The van der Waals surface area contributed by atoms with E-state index in [1.807, 2.05) is 37.3 Å². The molecule has 3 heteroatoms. The van der Waals surface area contributed by atoms with Crippen LogP contribution in [0.5, 0.6) is 0 Å². The molecule has 0 radical (unpaired) electrons. The average Bonchev–Trinajstić information content (AvgIpc) is 2.52. The van der Waals surface area contributed by atoms with Crippen LogP contribution < -0.4 is 0 Å². The Morgan fingerprint density at radius 3 is 2.29 bits per heavy atom. The normalized spacial score (nSPS) is 27.1.